The van der Waals surface area contributed by atoms with E-state index < -0.39 is 11.6 Å². The van der Waals surface area contributed by atoms with E-state index in [0.717, 1.165) is 11.6 Å². The molecule has 31 heavy (non-hydrogen) atoms. The van der Waals surface area contributed by atoms with Gasteiger partial charge in [-0.2, -0.15) is 0 Å². The maximum Gasteiger partial charge on any atom is 0.252 e. The van der Waals surface area contributed by atoms with Gasteiger partial charge in [-0.1, -0.05) is 18.2 Å². The number of hydrogen-bond donors (Lipinski definition) is 1. The van der Waals surface area contributed by atoms with Gasteiger partial charge in [0.15, 0.2) is 11.5 Å². The number of ether oxygens (including phenoxy) is 2. The number of carbonyl (C=O) groups is 1. The Balaban J connectivity index is 1.50. The molecule has 7 heteroatoms. The van der Waals surface area contributed by atoms with Crippen LogP contribution in [0.3, 0.4) is 0 Å². The first kappa shape index (κ1) is 19.0. The molecule has 4 aromatic rings. The summed E-state index contributed by atoms with van der Waals surface area (Å²) in [4.78, 5) is 17.7. The third-order valence-electron chi connectivity index (χ3n) is 5.00. The Hall–Kier alpha value is -4.00. The minimum atomic E-state index is -0.691. The average molecular weight is 418 g/mol. The summed E-state index contributed by atoms with van der Waals surface area (Å²) >= 11 is 0. The number of rotatable bonds is 4. The van der Waals surface area contributed by atoms with Crippen LogP contribution in [0.1, 0.15) is 15.9 Å². The van der Waals surface area contributed by atoms with E-state index in [4.69, 9.17) is 9.47 Å². The van der Waals surface area contributed by atoms with Crippen LogP contribution in [-0.2, 0) is 6.54 Å². The lowest BCUT2D eigenvalue weighted by Gasteiger charge is -2.11. The van der Waals surface area contributed by atoms with E-state index in [-0.39, 0.29) is 19.2 Å². The summed E-state index contributed by atoms with van der Waals surface area (Å²) in [6.45, 7) is 0.155. The fourth-order valence-corrected chi connectivity index (χ4v) is 3.56. The van der Waals surface area contributed by atoms with E-state index in [0.29, 0.717) is 39.2 Å². The molecular formula is C24H16F2N2O3. The molecule has 0 unspecified atom stereocenters. The van der Waals surface area contributed by atoms with Gasteiger partial charge in [0.1, 0.15) is 11.6 Å². The zero-order chi connectivity index (χ0) is 21.4. The van der Waals surface area contributed by atoms with Crippen LogP contribution >= 0.6 is 0 Å². The topological polar surface area (TPSA) is 60.5 Å². The largest absolute Gasteiger partial charge is 0.454 e. The number of carbonyl (C=O) groups excluding carboxylic acids is 1. The number of para-hydroxylation sites is 1. The first-order chi connectivity index (χ1) is 15.1. The van der Waals surface area contributed by atoms with Crippen molar-refractivity contribution in [2.45, 2.75) is 6.54 Å². The van der Waals surface area contributed by atoms with Gasteiger partial charge < -0.3 is 14.8 Å². The molecule has 1 N–H and O–H groups in total. The molecule has 5 nitrogen and oxygen atoms in total. The van der Waals surface area contributed by atoms with E-state index >= 15 is 0 Å². The summed E-state index contributed by atoms with van der Waals surface area (Å²) in [5, 5.41) is 3.41. The monoisotopic (exact) mass is 418 g/mol. The molecule has 2 heterocycles. The molecule has 0 spiro atoms. The second-order valence-electron chi connectivity index (χ2n) is 7.10. The molecule has 0 bridgehead atoms. The number of hydrogen-bond acceptors (Lipinski definition) is 4. The van der Waals surface area contributed by atoms with Gasteiger partial charge in [0.05, 0.1) is 16.8 Å². The van der Waals surface area contributed by atoms with Gasteiger partial charge in [0, 0.05) is 23.6 Å². The zero-order valence-corrected chi connectivity index (χ0v) is 16.2. The Morgan fingerprint density at radius 1 is 0.935 bits per heavy atom. The molecule has 1 aromatic heterocycles. The fourth-order valence-electron chi connectivity index (χ4n) is 3.56. The van der Waals surface area contributed by atoms with Crippen molar-refractivity contribution in [1.29, 1.82) is 0 Å². The Labute approximate surface area is 176 Å². The highest BCUT2D eigenvalue weighted by molar-refractivity contribution is 6.07. The van der Waals surface area contributed by atoms with Crippen molar-refractivity contribution in [2.24, 2.45) is 0 Å². The molecule has 0 atom stereocenters. The lowest BCUT2D eigenvalue weighted by Crippen LogP contribution is -2.23. The maximum atomic E-state index is 13.4. The van der Waals surface area contributed by atoms with Gasteiger partial charge >= 0.3 is 0 Å². The molecule has 0 fully saturated rings. The van der Waals surface area contributed by atoms with E-state index in [1.54, 1.807) is 12.1 Å². The highest BCUT2D eigenvalue weighted by atomic mass is 19.1. The number of nitrogens with one attached hydrogen (secondary N) is 1. The van der Waals surface area contributed by atoms with E-state index in [1.807, 2.05) is 36.4 Å². The number of aromatic nitrogens is 1. The quantitative estimate of drug-likeness (QED) is 0.515. The molecule has 0 aliphatic carbocycles. The van der Waals surface area contributed by atoms with Gasteiger partial charge in [-0.25, -0.2) is 13.8 Å². The van der Waals surface area contributed by atoms with Crippen LogP contribution in [0.15, 0.2) is 66.7 Å². The van der Waals surface area contributed by atoms with Gasteiger partial charge in [0.2, 0.25) is 6.79 Å². The Morgan fingerprint density at radius 3 is 2.55 bits per heavy atom. The minimum Gasteiger partial charge on any atom is -0.454 e. The summed E-state index contributed by atoms with van der Waals surface area (Å²) in [5.74, 6) is -0.478. The maximum absolute atomic E-state index is 13.4. The fraction of sp³-hybridized carbons (Fsp3) is 0.0833. The summed E-state index contributed by atoms with van der Waals surface area (Å²) in [6, 6.07) is 17.6. The number of fused-ring (bicyclic) bond motifs is 2. The molecule has 1 aliphatic heterocycles. The Morgan fingerprint density at radius 2 is 1.71 bits per heavy atom. The van der Waals surface area contributed by atoms with Crippen LogP contribution in [0, 0.1) is 11.6 Å². The highest BCUT2D eigenvalue weighted by Gasteiger charge is 2.17. The average Bonchev–Trinajstić information content (AvgIpc) is 3.24. The van der Waals surface area contributed by atoms with Crippen LogP contribution in [-0.4, -0.2) is 17.7 Å². The Bertz CT molecular complexity index is 1300. The third kappa shape index (κ3) is 3.77. The molecule has 1 aliphatic rings. The number of pyridine rings is 1. The van der Waals surface area contributed by atoms with E-state index in [1.165, 1.54) is 12.1 Å². The van der Waals surface area contributed by atoms with Gasteiger partial charge in [-0.05, 0) is 48.0 Å². The van der Waals surface area contributed by atoms with Crippen LogP contribution < -0.4 is 14.8 Å². The van der Waals surface area contributed by atoms with Crippen molar-refractivity contribution >= 4 is 16.8 Å². The number of halogens is 2. The van der Waals surface area contributed by atoms with Crippen LogP contribution in [0.2, 0.25) is 0 Å². The molecule has 3 aromatic carbocycles. The lowest BCUT2D eigenvalue weighted by atomic mass is 10.0. The van der Waals surface area contributed by atoms with Crippen molar-refractivity contribution in [3.05, 3.63) is 89.5 Å². The van der Waals surface area contributed by atoms with Crippen LogP contribution in [0.4, 0.5) is 8.78 Å². The molecule has 0 saturated carbocycles. The first-order valence-corrected chi connectivity index (χ1v) is 9.60. The van der Waals surface area contributed by atoms with Crippen molar-refractivity contribution in [3.8, 4) is 22.8 Å². The summed E-state index contributed by atoms with van der Waals surface area (Å²) < 4.78 is 37.7. The van der Waals surface area contributed by atoms with Crippen molar-refractivity contribution < 1.29 is 23.0 Å². The number of benzene rings is 3. The summed E-state index contributed by atoms with van der Waals surface area (Å²) in [6.07, 6.45) is 0. The predicted molar refractivity (Wildman–Crippen MR) is 111 cm³/mol. The SMILES string of the molecule is O=C(NCc1cc(F)cc(F)c1)c1cc(-c2ccc3c(c2)OCO3)nc2ccccc12. The smallest absolute Gasteiger partial charge is 0.252 e. The van der Waals surface area contributed by atoms with Gasteiger partial charge in [-0.3, -0.25) is 4.79 Å². The lowest BCUT2D eigenvalue weighted by molar-refractivity contribution is 0.0952. The normalized spacial score (nSPS) is 12.2. The van der Waals surface area contributed by atoms with Gasteiger partial charge in [0.25, 0.3) is 5.91 Å². The zero-order valence-electron chi connectivity index (χ0n) is 16.2. The highest BCUT2D eigenvalue weighted by Crippen LogP contribution is 2.36. The molecule has 1 amide bonds. The van der Waals surface area contributed by atoms with E-state index in [2.05, 4.69) is 10.3 Å². The molecule has 0 saturated heterocycles. The van der Waals surface area contributed by atoms with E-state index in [9.17, 15) is 13.6 Å². The standard InChI is InChI=1S/C24H16F2N2O3/c25-16-7-14(8-17(26)10-16)12-27-24(29)19-11-21(28-20-4-2-1-3-18(19)20)15-5-6-22-23(9-15)31-13-30-22/h1-11H,12-13H2,(H,27,29). The molecule has 5 rings (SSSR count). The third-order valence-corrected chi connectivity index (χ3v) is 5.00. The van der Waals surface area contributed by atoms with Crippen LogP contribution in [0.5, 0.6) is 11.5 Å². The predicted octanol–water partition coefficient (Wildman–Crippen LogP) is 4.84. The molecular weight excluding hydrogens is 402 g/mol. The Kier molecular flexibility index (Phi) is 4.71. The molecule has 154 valence electrons. The molecule has 0 radical (unpaired) electrons. The van der Waals surface area contributed by atoms with Crippen molar-refractivity contribution in [2.75, 3.05) is 6.79 Å². The van der Waals surface area contributed by atoms with Crippen molar-refractivity contribution in [1.82, 2.24) is 10.3 Å². The van der Waals surface area contributed by atoms with Gasteiger partial charge in [-0.15, -0.1) is 0 Å². The minimum absolute atomic E-state index is 0.0104. The number of amides is 1. The number of nitrogens with zero attached hydrogens (tertiary/aromatic N) is 1. The summed E-state index contributed by atoms with van der Waals surface area (Å²) in [7, 11) is 0. The second kappa shape index (κ2) is 7.68. The van der Waals surface area contributed by atoms with Crippen LogP contribution in [0.25, 0.3) is 22.2 Å². The summed E-state index contributed by atoms with van der Waals surface area (Å²) in [5.41, 5.74) is 2.77. The first-order valence-electron chi connectivity index (χ1n) is 9.60. The van der Waals surface area contributed by atoms with Crippen molar-refractivity contribution in [3.63, 3.8) is 0 Å². The second-order valence-corrected chi connectivity index (χ2v) is 7.10.